The summed E-state index contributed by atoms with van der Waals surface area (Å²) in [5.41, 5.74) is 6.33. The molecule has 1 atom stereocenters. The zero-order chi connectivity index (χ0) is 40.6. The van der Waals surface area contributed by atoms with E-state index in [9.17, 15) is 29.2 Å². The Labute approximate surface area is 333 Å². The number of hydrogen-bond donors (Lipinski definition) is 2. The lowest BCUT2D eigenvalue weighted by Gasteiger charge is -2.63. The topological polar surface area (TPSA) is 152 Å². The Hall–Kier alpha value is -5.54. The molecule has 5 amide bonds. The zero-order valence-corrected chi connectivity index (χ0v) is 33.5. The number of benzene rings is 3. The van der Waals surface area contributed by atoms with Crippen molar-refractivity contribution in [3.8, 4) is 11.8 Å². The van der Waals surface area contributed by atoms with Crippen molar-refractivity contribution in [1.82, 2.24) is 20.4 Å². The van der Waals surface area contributed by atoms with Gasteiger partial charge in [0.2, 0.25) is 11.8 Å². The summed E-state index contributed by atoms with van der Waals surface area (Å²) in [4.78, 5) is 70.1. The SMILES string of the molecule is Cc1c(C#N)ccc(OC2C(C)(C)C(NC(=O)c3ccc(N4CCC(CN5Cc6cc7c(cc6C5)C(=O)N(C5CCC(=O)NC5=O)C7=O)CC4)cc3)C2(C)C)c1C. The van der Waals surface area contributed by atoms with Crippen LogP contribution in [0.5, 0.6) is 5.75 Å². The molecule has 1 aliphatic carbocycles. The van der Waals surface area contributed by atoms with Crippen molar-refractivity contribution in [1.29, 1.82) is 5.26 Å². The molecule has 0 radical (unpaired) electrons. The fraction of sp³-hybridized carbons (Fsp3) is 0.467. The van der Waals surface area contributed by atoms with Gasteiger partial charge in [-0.3, -0.25) is 39.1 Å². The van der Waals surface area contributed by atoms with Crippen LogP contribution in [0, 0.1) is 41.9 Å². The van der Waals surface area contributed by atoms with Crippen molar-refractivity contribution in [3.05, 3.63) is 93.0 Å². The summed E-state index contributed by atoms with van der Waals surface area (Å²) in [6.07, 6.45) is 2.16. The third-order valence-corrected chi connectivity index (χ3v) is 13.4. The van der Waals surface area contributed by atoms with Gasteiger partial charge in [-0.2, -0.15) is 5.26 Å². The van der Waals surface area contributed by atoms with E-state index in [1.165, 1.54) is 0 Å². The molecule has 8 rings (SSSR count). The lowest BCUT2D eigenvalue weighted by atomic mass is 9.49. The van der Waals surface area contributed by atoms with E-state index >= 15 is 0 Å². The number of rotatable bonds is 8. The van der Waals surface area contributed by atoms with E-state index in [4.69, 9.17) is 4.74 Å². The van der Waals surface area contributed by atoms with Gasteiger partial charge in [0.1, 0.15) is 17.9 Å². The second-order valence-corrected chi connectivity index (χ2v) is 17.8. The summed E-state index contributed by atoms with van der Waals surface area (Å²) in [5, 5.41) is 15.0. The summed E-state index contributed by atoms with van der Waals surface area (Å²) in [5.74, 6) is -0.756. The number of amides is 5. The Balaban J connectivity index is 0.825. The molecule has 5 aliphatic rings. The van der Waals surface area contributed by atoms with E-state index in [1.807, 2.05) is 56.3 Å². The van der Waals surface area contributed by atoms with Crippen molar-refractivity contribution >= 4 is 35.2 Å². The van der Waals surface area contributed by atoms with Crippen LogP contribution in [-0.4, -0.2) is 77.2 Å². The van der Waals surface area contributed by atoms with Crippen molar-refractivity contribution in [2.75, 3.05) is 24.5 Å². The molecule has 1 saturated carbocycles. The second kappa shape index (κ2) is 14.1. The molecule has 3 aromatic rings. The number of piperidine rings is 2. The first-order chi connectivity index (χ1) is 27.1. The third-order valence-electron chi connectivity index (χ3n) is 13.4. The fourth-order valence-electron chi connectivity index (χ4n) is 10.3. The fourth-order valence-corrected chi connectivity index (χ4v) is 10.3. The number of fused-ring (bicyclic) bond motifs is 2. The molecule has 3 fully saturated rings. The molecule has 57 heavy (non-hydrogen) atoms. The average molecular weight is 771 g/mol. The van der Waals surface area contributed by atoms with Gasteiger partial charge in [-0.25, -0.2) is 0 Å². The molecule has 0 aromatic heterocycles. The quantitative estimate of drug-likeness (QED) is 0.286. The van der Waals surface area contributed by atoms with Crippen LogP contribution in [0.25, 0.3) is 0 Å². The molecular weight excluding hydrogens is 721 g/mol. The Bertz CT molecular complexity index is 2190. The van der Waals surface area contributed by atoms with Gasteiger partial charge in [0.25, 0.3) is 17.7 Å². The van der Waals surface area contributed by atoms with Crippen molar-refractivity contribution < 1.29 is 28.7 Å². The van der Waals surface area contributed by atoms with Crippen LogP contribution in [0.4, 0.5) is 5.69 Å². The average Bonchev–Trinajstić information content (AvgIpc) is 3.69. The molecule has 12 nitrogen and oxygen atoms in total. The van der Waals surface area contributed by atoms with Crippen LogP contribution in [0.2, 0.25) is 0 Å². The normalized spacial score (nSPS) is 24.1. The molecule has 2 N–H and O–H groups in total. The molecule has 4 heterocycles. The van der Waals surface area contributed by atoms with Gasteiger partial charge >= 0.3 is 0 Å². The standard InChI is InChI=1S/C45H50N6O6/c1-25-26(2)36(13-9-29(25)21-46)57-43-44(3,4)42(45(43,5)6)48-38(53)28-7-10-32(11-8-28)50-17-15-27(16-18-50)22-49-23-30-19-33-34(20-31(30)24-49)41(56)51(40(33)55)35-12-14-37(52)47-39(35)54/h7-11,13,19-20,27,35,42-43H,12,14-18,22-24H2,1-6H3,(H,48,53)(H,47,52,54). The molecule has 296 valence electrons. The molecule has 2 saturated heterocycles. The maximum atomic E-state index is 13.6. The summed E-state index contributed by atoms with van der Waals surface area (Å²) in [6.45, 7) is 16.6. The van der Waals surface area contributed by atoms with Gasteiger partial charge in [0.05, 0.1) is 22.8 Å². The lowest BCUT2D eigenvalue weighted by Crippen LogP contribution is -2.74. The maximum Gasteiger partial charge on any atom is 0.262 e. The van der Waals surface area contributed by atoms with Crippen molar-refractivity contribution in [3.63, 3.8) is 0 Å². The number of nitriles is 1. The first-order valence-corrected chi connectivity index (χ1v) is 20.0. The lowest BCUT2D eigenvalue weighted by molar-refractivity contribution is -0.164. The number of hydrogen-bond acceptors (Lipinski definition) is 9. The summed E-state index contributed by atoms with van der Waals surface area (Å²) < 4.78 is 6.59. The molecule has 3 aromatic carbocycles. The molecule has 1 unspecified atom stereocenters. The van der Waals surface area contributed by atoms with E-state index in [0.717, 1.165) is 71.1 Å². The van der Waals surface area contributed by atoms with Gasteiger partial charge in [0, 0.05) is 67.3 Å². The first-order valence-electron chi connectivity index (χ1n) is 20.0. The highest BCUT2D eigenvalue weighted by Gasteiger charge is 2.64. The Kier molecular flexibility index (Phi) is 9.51. The van der Waals surface area contributed by atoms with E-state index in [2.05, 4.69) is 54.2 Å². The van der Waals surface area contributed by atoms with Crippen molar-refractivity contribution in [2.45, 2.75) is 98.5 Å². The molecular formula is C45H50N6O6. The van der Waals surface area contributed by atoms with E-state index in [0.29, 0.717) is 41.3 Å². The summed E-state index contributed by atoms with van der Waals surface area (Å²) >= 11 is 0. The third kappa shape index (κ3) is 6.55. The van der Waals surface area contributed by atoms with E-state index in [-0.39, 0.29) is 47.6 Å². The van der Waals surface area contributed by atoms with Crippen LogP contribution in [-0.2, 0) is 22.7 Å². The van der Waals surface area contributed by atoms with Crippen LogP contribution in [0.15, 0.2) is 48.5 Å². The van der Waals surface area contributed by atoms with Crippen LogP contribution in [0.1, 0.15) is 112 Å². The maximum absolute atomic E-state index is 13.6. The van der Waals surface area contributed by atoms with Gasteiger partial charge in [0.15, 0.2) is 0 Å². The Morgan fingerprint density at radius 1 is 0.877 bits per heavy atom. The highest BCUT2D eigenvalue weighted by Crippen LogP contribution is 2.56. The summed E-state index contributed by atoms with van der Waals surface area (Å²) in [7, 11) is 0. The Morgan fingerprint density at radius 2 is 1.49 bits per heavy atom. The zero-order valence-electron chi connectivity index (χ0n) is 33.5. The number of carbonyl (C=O) groups is 5. The van der Waals surface area contributed by atoms with Crippen LogP contribution < -0.4 is 20.3 Å². The molecule has 0 spiro atoms. The minimum atomic E-state index is -0.964. The number of anilines is 1. The predicted octanol–water partition coefficient (Wildman–Crippen LogP) is 5.42. The minimum Gasteiger partial charge on any atom is -0.489 e. The highest BCUT2D eigenvalue weighted by atomic mass is 16.5. The van der Waals surface area contributed by atoms with E-state index < -0.39 is 23.8 Å². The molecule has 0 bridgehead atoms. The molecule has 12 heteroatoms. The van der Waals surface area contributed by atoms with Gasteiger partial charge in [-0.05, 0) is 110 Å². The van der Waals surface area contributed by atoms with Gasteiger partial charge < -0.3 is 15.0 Å². The number of nitrogens with zero attached hydrogens (tertiary/aromatic N) is 4. The number of nitrogens with one attached hydrogen (secondary N) is 2. The van der Waals surface area contributed by atoms with Crippen molar-refractivity contribution in [2.24, 2.45) is 16.7 Å². The second-order valence-electron chi connectivity index (χ2n) is 17.8. The highest BCUT2D eigenvalue weighted by molar-refractivity contribution is 6.23. The van der Waals surface area contributed by atoms with Crippen LogP contribution in [0.3, 0.4) is 0 Å². The van der Waals surface area contributed by atoms with E-state index in [1.54, 1.807) is 6.07 Å². The first kappa shape index (κ1) is 38.3. The monoisotopic (exact) mass is 770 g/mol. The number of imide groups is 2. The molecule has 4 aliphatic heterocycles. The van der Waals surface area contributed by atoms with Gasteiger partial charge in [-0.1, -0.05) is 27.7 Å². The smallest absolute Gasteiger partial charge is 0.262 e. The Morgan fingerprint density at radius 3 is 2.07 bits per heavy atom. The predicted molar refractivity (Wildman–Crippen MR) is 212 cm³/mol. The minimum absolute atomic E-state index is 0.0960. The van der Waals surface area contributed by atoms with Crippen LogP contribution >= 0.6 is 0 Å². The largest absolute Gasteiger partial charge is 0.489 e. The number of carbonyl (C=O) groups excluding carboxylic acids is 5. The number of ether oxygens (including phenoxy) is 1. The van der Waals surface area contributed by atoms with Gasteiger partial charge in [-0.15, -0.1) is 0 Å². The summed E-state index contributed by atoms with van der Waals surface area (Å²) in [6, 6.07) is 16.4.